The summed E-state index contributed by atoms with van der Waals surface area (Å²) in [5.41, 5.74) is 2.61. The van der Waals surface area contributed by atoms with Crippen LogP contribution in [-0.2, 0) is 0 Å². The van der Waals surface area contributed by atoms with Crippen LogP contribution in [0.15, 0.2) is 94.6 Å². The molecule has 0 spiro atoms. The second-order valence-electron chi connectivity index (χ2n) is 7.02. The van der Waals surface area contributed by atoms with Crippen molar-refractivity contribution in [2.45, 2.75) is 0 Å². The molecule has 0 bridgehead atoms. The first-order chi connectivity index (χ1) is 15.2. The highest BCUT2D eigenvalue weighted by atomic mass is 16.4. The lowest BCUT2D eigenvalue weighted by Crippen LogP contribution is -2.04. The van der Waals surface area contributed by atoms with Crippen molar-refractivity contribution in [3.05, 3.63) is 102 Å². The number of aromatic nitrogens is 1. The molecule has 5 rings (SSSR count). The lowest BCUT2D eigenvalue weighted by molar-refractivity contribution is 0.302. The van der Waals surface area contributed by atoms with Gasteiger partial charge in [-0.15, -0.1) is 0 Å². The minimum absolute atomic E-state index is 0.169. The summed E-state index contributed by atoms with van der Waals surface area (Å²) in [5.74, 6) is 6.75. The Bertz CT molecular complexity index is 1570. The Hall–Kier alpha value is -4.56. The zero-order chi connectivity index (χ0) is 21.2. The molecule has 0 saturated carbocycles. The molecule has 5 heteroatoms. The summed E-state index contributed by atoms with van der Waals surface area (Å²) in [4.78, 5) is 4.50. The van der Waals surface area contributed by atoms with Gasteiger partial charge in [-0.2, -0.15) is 0 Å². The molecule has 0 aliphatic carbocycles. The fourth-order valence-corrected chi connectivity index (χ4v) is 3.40. The predicted octanol–water partition coefficient (Wildman–Crippen LogP) is 5.04. The molecule has 0 fully saturated rings. The van der Waals surface area contributed by atoms with Gasteiger partial charge in [0, 0.05) is 34.2 Å². The van der Waals surface area contributed by atoms with Crippen molar-refractivity contribution in [1.82, 2.24) is 4.98 Å². The van der Waals surface area contributed by atoms with Crippen molar-refractivity contribution in [2.24, 2.45) is 5.16 Å². The van der Waals surface area contributed by atoms with Crippen LogP contribution in [0.3, 0.4) is 0 Å². The number of pyridine rings is 1. The molecule has 0 saturated heterocycles. The number of fused-ring (bicyclic) bond motifs is 2. The van der Waals surface area contributed by atoms with Gasteiger partial charge in [-0.05, 0) is 47.9 Å². The Balaban J connectivity index is 1.62. The van der Waals surface area contributed by atoms with Crippen LogP contribution in [0.5, 0.6) is 5.75 Å². The molecule has 148 valence electrons. The first-order valence-electron chi connectivity index (χ1n) is 9.62. The molecule has 0 aliphatic heterocycles. The van der Waals surface area contributed by atoms with Crippen LogP contribution in [0.1, 0.15) is 11.1 Å². The highest BCUT2D eigenvalue weighted by Crippen LogP contribution is 2.24. The Morgan fingerprint density at radius 2 is 1.61 bits per heavy atom. The molecule has 0 radical (unpaired) electrons. The van der Waals surface area contributed by atoms with Crippen molar-refractivity contribution in [1.29, 1.82) is 0 Å². The molecule has 0 unspecified atom stereocenters. The fraction of sp³-hybridized carbons (Fsp3) is 0. The number of hydrogen-bond donors (Lipinski definition) is 2. The van der Waals surface area contributed by atoms with Crippen LogP contribution < -0.4 is 5.36 Å². The van der Waals surface area contributed by atoms with E-state index in [4.69, 9.17) is 4.42 Å². The first kappa shape index (κ1) is 18.5. The number of phenolic OH excluding ortho intramolecular Hbond substituents is 1. The van der Waals surface area contributed by atoms with Crippen LogP contribution in [-0.4, -0.2) is 15.3 Å². The number of aromatic hydroxyl groups is 1. The molecular weight excluding hydrogens is 388 g/mol. The van der Waals surface area contributed by atoms with E-state index in [0.717, 1.165) is 16.3 Å². The van der Waals surface area contributed by atoms with E-state index in [1.807, 2.05) is 42.5 Å². The standard InChI is InChI=1S/C26H16N2O3/c29-21-7-3-4-17(12-21)8-9-18-10-11-22-23(28-30)15-26(31-25(22)13-18)24-14-19-5-1-2-6-20(19)16-27-24/h1-7,10-16,29-30H/b28-23+. The maximum absolute atomic E-state index is 9.59. The third-order valence-corrected chi connectivity index (χ3v) is 4.93. The summed E-state index contributed by atoms with van der Waals surface area (Å²) in [7, 11) is 0. The molecule has 2 heterocycles. The molecule has 5 aromatic rings. The van der Waals surface area contributed by atoms with E-state index < -0.39 is 0 Å². The summed E-state index contributed by atoms with van der Waals surface area (Å²) in [6.45, 7) is 0. The predicted molar refractivity (Wildman–Crippen MR) is 118 cm³/mol. The van der Waals surface area contributed by atoms with E-state index in [0.29, 0.717) is 33.3 Å². The van der Waals surface area contributed by atoms with E-state index in [1.54, 1.807) is 42.6 Å². The number of rotatable bonds is 1. The van der Waals surface area contributed by atoms with Crippen LogP contribution in [0.2, 0.25) is 0 Å². The Kier molecular flexibility index (Phi) is 4.58. The van der Waals surface area contributed by atoms with Crippen LogP contribution in [0.4, 0.5) is 0 Å². The van der Waals surface area contributed by atoms with Gasteiger partial charge in [0.15, 0.2) is 5.76 Å². The Labute approximate surface area is 177 Å². The van der Waals surface area contributed by atoms with E-state index >= 15 is 0 Å². The van der Waals surface area contributed by atoms with Crippen molar-refractivity contribution in [3.63, 3.8) is 0 Å². The fourth-order valence-electron chi connectivity index (χ4n) is 3.40. The molecule has 0 amide bonds. The van der Waals surface area contributed by atoms with Gasteiger partial charge in [0.25, 0.3) is 0 Å². The summed E-state index contributed by atoms with van der Waals surface area (Å²) in [5, 5.41) is 25.7. The lowest BCUT2D eigenvalue weighted by atomic mass is 10.1. The van der Waals surface area contributed by atoms with Crippen molar-refractivity contribution in [3.8, 4) is 29.0 Å². The SMILES string of the molecule is O/N=c1\cc(-c2cc3ccccc3cn2)oc2cc(C#Cc3cccc(O)c3)ccc12. The van der Waals surface area contributed by atoms with Crippen LogP contribution in [0, 0.1) is 11.8 Å². The smallest absolute Gasteiger partial charge is 0.155 e. The van der Waals surface area contributed by atoms with Crippen molar-refractivity contribution in [2.75, 3.05) is 0 Å². The number of nitrogens with zero attached hydrogens (tertiary/aromatic N) is 2. The van der Waals surface area contributed by atoms with E-state index in [9.17, 15) is 10.3 Å². The minimum atomic E-state index is 0.169. The van der Waals surface area contributed by atoms with Crippen LogP contribution >= 0.6 is 0 Å². The van der Waals surface area contributed by atoms with Gasteiger partial charge in [-0.25, -0.2) is 0 Å². The monoisotopic (exact) mass is 404 g/mol. The Morgan fingerprint density at radius 1 is 0.806 bits per heavy atom. The van der Waals surface area contributed by atoms with Gasteiger partial charge >= 0.3 is 0 Å². The zero-order valence-electron chi connectivity index (χ0n) is 16.3. The van der Waals surface area contributed by atoms with Crippen molar-refractivity contribution < 1.29 is 14.7 Å². The normalized spacial score (nSPS) is 11.4. The van der Waals surface area contributed by atoms with E-state index in [-0.39, 0.29) is 5.75 Å². The van der Waals surface area contributed by atoms with Gasteiger partial charge in [-0.3, -0.25) is 4.98 Å². The van der Waals surface area contributed by atoms with E-state index in [1.165, 1.54) is 0 Å². The third kappa shape index (κ3) is 3.70. The summed E-state index contributed by atoms with van der Waals surface area (Å²) >= 11 is 0. The zero-order valence-corrected chi connectivity index (χ0v) is 16.3. The van der Waals surface area contributed by atoms with E-state index in [2.05, 4.69) is 22.0 Å². The summed E-state index contributed by atoms with van der Waals surface area (Å²) in [6.07, 6.45) is 1.79. The molecule has 0 aliphatic rings. The number of benzene rings is 3. The number of phenols is 1. The molecule has 5 nitrogen and oxygen atoms in total. The highest BCUT2D eigenvalue weighted by molar-refractivity contribution is 5.85. The molecule has 31 heavy (non-hydrogen) atoms. The highest BCUT2D eigenvalue weighted by Gasteiger charge is 2.09. The summed E-state index contributed by atoms with van der Waals surface area (Å²) < 4.78 is 6.11. The minimum Gasteiger partial charge on any atom is -0.508 e. The molecular formula is C26H16N2O3. The van der Waals surface area contributed by atoms with Gasteiger partial charge in [0.05, 0.1) is 0 Å². The summed E-state index contributed by atoms with van der Waals surface area (Å²) in [6, 6.07) is 23.7. The molecule has 3 aromatic carbocycles. The maximum atomic E-state index is 9.59. The van der Waals surface area contributed by atoms with Gasteiger partial charge in [0.1, 0.15) is 22.4 Å². The second kappa shape index (κ2) is 7.69. The first-order valence-corrected chi connectivity index (χ1v) is 9.62. The average Bonchev–Trinajstić information content (AvgIpc) is 2.81. The van der Waals surface area contributed by atoms with Gasteiger partial charge in [0.2, 0.25) is 0 Å². The van der Waals surface area contributed by atoms with Gasteiger partial charge < -0.3 is 14.7 Å². The average molecular weight is 404 g/mol. The molecule has 2 N–H and O–H groups in total. The molecule has 0 atom stereocenters. The largest absolute Gasteiger partial charge is 0.508 e. The Morgan fingerprint density at radius 3 is 2.42 bits per heavy atom. The van der Waals surface area contributed by atoms with Crippen molar-refractivity contribution >= 4 is 21.7 Å². The lowest BCUT2D eigenvalue weighted by Gasteiger charge is -2.05. The van der Waals surface area contributed by atoms with Gasteiger partial charge in [-0.1, -0.05) is 47.3 Å². The number of hydrogen-bond acceptors (Lipinski definition) is 5. The molecule has 2 aromatic heterocycles. The topological polar surface area (TPSA) is 78.9 Å². The third-order valence-electron chi connectivity index (χ3n) is 4.93. The maximum Gasteiger partial charge on any atom is 0.155 e. The quantitative estimate of drug-likeness (QED) is 0.233. The second-order valence-corrected chi connectivity index (χ2v) is 7.02. The van der Waals surface area contributed by atoms with Crippen LogP contribution in [0.25, 0.3) is 33.2 Å².